The lowest BCUT2D eigenvalue weighted by Crippen LogP contribution is -2.46. The summed E-state index contributed by atoms with van der Waals surface area (Å²) in [5, 5.41) is 3.57. The van der Waals surface area contributed by atoms with Gasteiger partial charge >= 0.3 is 0 Å². The number of hydrogen-bond donors (Lipinski definition) is 1. The van der Waals surface area contributed by atoms with E-state index in [1.54, 1.807) is 7.11 Å². The Bertz CT molecular complexity index is 206. The Kier molecular flexibility index (Phi) is 5.22. The molecular formula is C13H27NO2. The highest BCUT2D eigenvalue weighted by atomic mass is 16.5. The van der Waals surface area contributed by atoms with Gasteiger partial charge in [-0.1, -0.05) is 20.8 Å². The second-order valence-corrected chi connectivity index (χ2v) is 5.50. The van der Waals surface area contributed by atoms with Crippen molar-refractivity contribution in [3.05, 3.63) is 0 Å². The van der Waals surface area contributed by atoms with Gasteiger partial charge in [0.05, 0.1) is 18.8 Å². The molecule has 3 heteroatoms. The van der Waals surface area contributed by atoms with Crippen LogP contribution in [-0.4, -0.2) is 38.5 Å². The van der Waals surface area contributed by atoms with Gasteiger partial charge in [-0.2, -0.15) is 0 Å². The van der Waals surface area contributed by atoms with Gasteiger partial charge in [-0.25, -0.2) is 0 Å². The minimum atomic E-state index is 0.185. The van der Waals surface area contributed by atoms with E-state index in [1.807, 2.05) is 0 Å². The summed E-state index contributed by atoms with van der Waals surface area (Å²) in [7, 11) is 1.72. The molecule has 3 nitrogen and oxygen atoms in total. The third-order valence-corrected chi connectivity index (χ3v) is 3.52. The fraction of sp³-hybridized carbons (Fsp3) is 1.00. The predicted octanol–water partition coefficient (Wildman–Crippen LogP) is 2.20. The van der Waals surface area contributed by atoms with Gasteiger partial charge in [-0.05, 0) is 31.7 Å². The number of nitrogens with one attached hydrogen (secondary N) is 1. The lowest BCUT2D eigenvalue weighted by atomic mass is 9.87. The second kappa shape index (κ2) is 5.99. The average Bonchev–Trinajstić information content (AvgIpc) is 2.46. The molecule has 0 saturated heterocycles. The molecule has 0 spiro atoms. The van der Waals surface area contributed by atoms with E-state index in [-0.39, 0.29) is 6.10 Å². The van der Waals surface area contributed by atoms with Crippen LogP contribution in [0.5, 0.6) is 0 Å². The van der Waals surface area contributed by atoms with Gasteiger partial charge in [0.25, 0.3) is 0 Å². The van der Waals surface area contributed by atoms with Crippen LogP contribution >= 0.6 is 0 Å². The first-order chi connectivity index (χ1) is 7.51. The smallest absolute Gasteiger partial charge is 0.0784 e. The lowest BCUT2D eigenvalue weighted by Gasteiger charge is -2.32. The van der Waals surface area contributed by atoms with Crippen molar-refractivity contribution in [3.8, 4) is 0 Å². The molecule has 0 bridgehead atoms. The minimum absolute atomic E-state index is 0.185. The molecule has 0 aliphatic heterocycles. The number of ether oxygens (including phenoxy) is 2. The van der Waals surface area contributed by atoms with E-state index in [0.29, 0.717) is 24.2 Å². The molecule has 16 heavy (non-hydrogen) atoms. The Hall–Kier alpha value is -0.120. The molecular weight excluding hydrogens is 202 g/mol. The summed E-state index contributed by atoms with van der Waals surface area (Å²) in [5.74, 6) is 0. The molecule has 1 aliphatic carbocycles. The molecule has 0 amide bonds. The monoisotopic (exact) mass is 229 g/mol. The van der Waals surface area contributed by atoms with E-state index in [9.17, 15) is 0 Å². The number of methoxy groups -OCH3 is 1. The standard InChI is InChI=1S/C13H27NO2/c1-6-14-12-11(7-8-13(12,3)4)16-10(2)9-15-5/h10-12,14H,6-9H2,1-5H3. The van der Waals surface area contributed by atoms with E-state index < -0.39 is 0 Å². The van der Waals surface area contributed by atoms with Crippen molar-refractivity contribution < 1.29 is 9.47 Å². The molecule has 1 N–H and O–H groups in total. The van der Waals surface area contributed by atoms with Gasteiger partial charge in [-0.3, -0.25) is 0 Å². The van der Waals surface area contributed by atoms with E-state index in [2.05, 4.69) is 33.0 Å². The van der Waals surface area contributed by atoms with E-state index in [0.717, 1.165) is 13.0 Å². The normalized spacial score (nSPS) is 30.6. The van der Waals surface area contributed by atoms with Crippen molar-refractivity contribution in [2.45, 2.75) is 58.8 Å². The molecule has 0 aromatic rings. The summed E-state index contributed by atoms with van der Waals surface area (Å²) in [5.41, 5.74) is 0.341. The van der Waals surface area contributed by atoms with Crippen molar-refractivity contribution in [3.63, 3.8) is 0 Å². The average molecular weight is 229 g/mol. The topological polar surface area (TPSA) is 30.5 Å². The summed E-state index contributed by atoms with van der Waals surface area (Å²) >= 11 is 0. The predicted molar refractivity (Wildman–Crippen MR) is 66.7 cm³/mol. The molecule has 0 aromatic carbocycles. The quantitative estimate of drug-likeness (QED) is 0.757. The van der Waals surface area contributed by atoms with Crippen molar-refractivity contribution in [1.29, 1.82) is 0 Å². The fourth-order valence-corrected chi connectivity index (χ4v) is 2.69. The Morgan fingerprint density at radius 3 is 2.69 bits per heavy atom. The number of rotatable bonds is 6. The fourth-order valence-electron chi connectivity index (χ4n) is 2.69. The molecule has 1 fully saturated rings. The summed E-state index contributed by atoms with van der Waals surface area (Å²) < 4.78 is 11.2. The Labute approximate surface area is 99.9 Å². The van der Waals surface area contributed by atoms with Crippen LogP contribution in [0.25, 0.3) is 0 Å². The Balaban J connectivity index is 2.52. The Morgan fingerprint density at radius 1 is 1.44 bits per heavy atom. The molecule has 0 heterocycles. The van der Waals surface area contributed by atoms with Crippen LogP contribution in [0, 0.1) is 5.41 Å². The third kappa shape index (κ3) is 3.44. The first-order valence-electron chi connectivity index (χ1n) is 6.39. The van der Waals surface area contributed by atoms with Crippen molar-refractivity contribution in [1.82, 2.24) is 5.32 Å². The first-order valence-corrected chi connectivity index (χ1v) is 6.39. The van der Waals surface area contributed by atoms with E-state index >= 15 is 0 Å². The highest BCUT2D eigenvalue weighted by Crippen LogP contribution is 2.39. The molecule has 0 radical (unpaired) electrons. The van der Waals surface area contributed by atoms with Crippen LogP contribution in [0.3, 0.4) is 0 Å². The zero-order valence-electron chi connectivity index (χ0n) is 11.4. The minimum Gasteiger partial charge on any atom is -0.382 e. The highest BCUT2D eigenvalue weighted by Gasteiger charge is 2.42. The zero-order chi connectivity index (χ0) is 12.2. The maximum atomic E-state index is 6.06. The Morgan fingerprint density at radius 2 is 2.12 bits per heavy atom. The van der Waals surface area contributed by atoms with Crippen LogP contribution in [0.4, 0.5) is 0 Å². The van der Waals surface area contributed by atoms with Crippen molar-refractivity contribution in [2.75, 3.05) is 20.3 Å². The highest BCUT2D eigenvalue weighted by molar-refractivity contribution is 4.97. The molecule has 3 unspecified atom stereocenters. The summed E-state index contributed by atoms with van der Waals surface area (Å²) in [4.78, 5) is 0. The van der Waals surface area contributed by atoms with Crippen LogP contribution in [0.2, 0.25) is 0 Å². The second-order valence-electron chi connectivity index (χ2n) is 5.50. The SMILES string of the molecule is CCNC1C(OC(C)COC)CCC1(C)C. The molecule has 1 saturated carbocycles. The van der Waals surface area contributed by atoms with Crippen LogP contribution in [-0.2, 0) is 9.47 Å². The summed E-state index contributed by atoms with van der Waals surface area (Å²) in [6.07, 6.45) is 2.90. The van der Waals surface area contributed by atoms with Crippen LogP contribution < -0.4 is 5.32 Å². The molecule has 0 aromatic heterocycles. The number of likely N-dealkylation sites (N-methyl/N-ethyl adjacent to an activating group) is 1. The molecule has 1 aliphatic rings. The largest absolute Gasteiger partial charge is 0.382 e. The summed E-state index contributed by atoms with van der Waals surface area (Å²) in [6, 6.07) is 0.469. The van der Waals surface area contributed by atoms with Crippen LogP contribution in [0.1, 0.15) is 40.5 Å². The van der Waals surface area contributed by atoms with Crippen molar-refractivity contribution in [2.24, 2.45) is 5.41 Å². The van der Waals surface area contributed by atoms with E-state index in [1.165, 1.54) is 6.42 Å². The zero-order valence-corrected chi connectivity index (χ0v) is 11.4. The molecule has 3 atom stereocenters. The maximum absolute atomic E-state index is 6.06. The van der Waals surface area contributed by atoms with E-state index in [4.69, 9.17) is 9.47 Å². The van der Waals surface area contributed by atoms with Crippen molar-refractivity contribution >= 4 is 0 Å². The molecule has 1 rings (SSSR count). The van der Waals surface area contributed by atoms with Gasteiger partial charge in [0.2, 0.25) is 0 Å². The van der Waals surface area contributed by atoms with Crippen LogP contribution in [0.15, 0.2) is 0 Å². The van der Waals surface area contributed by atoms with Gasteiger partial charge < -0.3 is 14.8 Å². The van der Waals surface area contributed by atoms with Gasteiger partial charge in [-0.15, -0.1) is 0 Å². The summed E-state index contributed by atoms with van der Waals surface area (Å²) in [6.45, 7) is 10.6. The molecule has 96 valence electrons. The van der Waals surface area contributed by atoms with Gasteiger partial charge in [0.15, 0.2) is 0 Å². The maximum Gasteiger partial charge on any atom is 0.0784 e. The van der Waals surface area contributed by atoms with Gasteiger partial charge in [0.1, 0.15) is 0 Å². The lowest BCUT2D eigenvalue weighted by molar-refractivity contribution is -0.0511. The third-order valence-electron chi connectivity index (χ3n) is 3.52. The first kappa shape index (κ1) is 13.9. The van der Waals surface area contributed by atoms with Gasteiger partial charge in [0, 0.05) is 13.2 Å². The number of hydrogen-bond acceptors (Lipinski definition) is 3.